The Bertz CT molecular complexity index is 134. The van der Waals surface area contributed by atoms with Crippen molar-refractivity contribution in [1.29, 1.82) is 0 Å². The summed E-state index contributed by atoms with van der Waals surface area (Å²) in [6.07, 6.45) is 6.32. The molecule has 0 aromatic rings. The van der Waals surface area contributed by atoms with Crippen molar-refractivity contribution in [1.82, 2.24) is 0 Å². The molecule has 0 saturated carbocycles. The van der Waals surface area contributed by atoms with E-state index in [1.54, 1.807) is 0 Å². The van der Waals surface area contributed by atoms with Crippen LogP contribution in [0.1, 0.15) is 19.3 Å². The lowest BCUT2D eigenvalue weighted by Crippen LogP contribution is -2.25. The Labute approximate surface area is 67.4 Å². The summed E-state index contributed by atoms with van der Waals surface area (Å²) in [5, 5.41) is 0. The van der Waals surface area contributed by atoms with Gasteiger partial charge in [0, 0.05) is 6.42 Å². The first-order valence-electron chi connectivity index (χ1n) is 3.85. The van der Waals surface area contributed by atoms with Crippen LogP contribution in [-0.2, 0) is 9.78 Å². The molecule has 0 aliphatic carbocycles. The third-order valence-electron chi connectivity index (χ3n) is 1.91. The van der Waals surface area contributed by atoms with Gasteiger partial charge < -0.3 is 0 Å². The summed E-state index contributed by atoms with van der Waals surface area (Å²) in [7, 11) is 0. The second-order valence-corrected chi connectivity index (χ2v) is 2.82. The van der Waals surface area contributed by atoms with Crippen molar-refractivity contribution in [3.63, 3.8) is 0 Å². The van der Waals surface area contributed by atoms with Gasteiger partial charge in [-0.15, -0.1) is 13.2 Å². The van der Waals surface area contributed by atoms with Crippen LogP contribution in [0, 0.1) is 0 Å². The zero-order valence-corrected chi connectivity index (χ0v) is 6.71. The van der Waals surface area contributed by atoms with Crippen LogP contribution in [0.25, 0.3) is 0 Å². The van der Waals surface area contributed by atoms with E-state index in [-0.39, 0.29) is 5.60 Å². The molecule has 0 atom stereocenters. The van der Waals surface area contributed by atoms with E-state index in [2.05, 4.69) is 13.2 Å². The molecule has 11 heavy (non-hydrogen) atoms. The summed E-state index contributed by atoms with van der Waals surface area (Å²) >= 11 is 0. The van der Waals surface area contributed by atoms with Crippen molar-refractivity contribution in [3.8, 4) is 0 Å². The predicted molar refractivity (Wildman–Crippen MR) is 44.0 cm³/mol. The first kappa shape index (κ1) is 8.50. The molecule has 0 radical (unpaired) electrons. The van der Waals surface area contributed by atoms with Crippen LogP contribution < -0.4 is 0 Å². The van der Waals surface area contributed by atoms with Gasteiger partial charge in [0.1, 0.15) is 5.60 Å². The van der Waals surface area contributed by atoms with Crippen molar-refractivity contribution < 1.29 is 9.78 Å². The molecule has 1 aliphatic rings. The van der Waals surface area contributed by atoms with Gasteiger partial charge in [0.15, 0.2) is 0 Å². The molecule has 0 amide bonds. The highest BCUT2D eigenvalue weighted by Gasteiger charge is 2.34. The minimum atomic E-state index is -0.163. The summed E-state index contributed by atoms with van der Waals surface area (Å²) in [5.41, 5.74) is -0.163. The van der Waals surface area contributed by atoms with E-state index in [9.17, 15) is 0 Å². The second kappa shape index (κ2) is 3.69. The van der Waals surface area contributed by atoms with Gasteiger partial charge in [-0.25, -0.2) is 9.78 Å². The van der Waals surface area contributed by atoms with Gasteiger partial charge in [-0.05, 0) is 12.8 Å². The molecule has 1 fully saturated rings. The maximum Gasteiger partial charge on any atom is 0.113 e. The molecule has 1 saturated heterocycles. The largest absolute Gasteiger partial charge is 0.236 e. The normalized spacial score (nSPS) is 21.5. The summed E-state index contributed by atoms with van der Waals surface area (Å²) in [6, 6.07) is 0. The molecule has 0 spiro atoms. The third-order valence-corrected chi connectivity index (χ3v) is 1.91. The van der Waals surface area contributed by atoms with E-state index in [0.29, 0.717) is 6.61 Å². The topological polar surface area (TPSA) is 18.5 Å². The standard InChI is InChI=1S/C9H14O2/c1-3-5-9(6-4-2)7-8-10-11-9/h3-4H,1-2,5-8H2. The minimum absolute atomic E-state index is 0.163. The molecule has 2 heteroatoms. The zero-order chi connectivity index (χ0) is 8.16. The summed E-state index contributed by atoms with van der Waals surface area (Å²) in [6.45, 7) is 8.05. The number of hydrogen-bond donors (Lipinski definition) is 0. The van der Waals surface area contributed by atoms with Gasteiger partial charge in [-0.1, -0.05) is 12.2 Å². The lowest BCUT2D eigenvalue weighted by Gasteiger charge is -2.21. The molecule has 1 heterocycles. The van der Waals surface area contributed by atoms with Gasteiger partial charge in [-0.2, -0.15) is 0 Å². The molecule has 0 unspecified atom stereocenters. The predicted octanol–water partition coefficient (Wildman–Crippen LogP) is 2.23. The average Bonchev–Trinajstić information content (AvgIpc) is 2.39. The van der Waals surface area contributed by atoms with Gasteiger partial charge >= 0.3 is 0 Å². The highest BCUT2D eigenvalue weighted by Crippen LogP contribution is 2.31. The van der Waals surface area contributed by atoms with E-state index in [0.717, 1.165) is 19.3 Å². The Morgan fingerprint density at radius 2 is 1.91 bits per heavy atom. The fourth-order valence-electron chi connectivity index (χ4n) is 1.32. The fraction of sp³-hybridized carbons (Fsp3) is 0.556. The van der Waals surface area contributed by atoms with Gasteiger partial charge in [0.2, 0.25) is 0 Å². The summed E-state index contributed by atoms with van der Waals surface area (Å²) in [4.78, 5) is 10.0. The minimum Gasteiger partial charge on any atom is -0.236 e. The summed E-state index contributed by atoms with van der Waals surface area (Å²) < 4.78 is 0. The van der Waals surface area contributed by atoms with Crippen molar-refractivity contribution in [2.45, 2.75) is 24.9 Å². The molecule has 1 rings (SSSR count). The van der Waals surface area contributed by atoms with Crippen LogP contribution in [0.5, 0.6) is 0 Å². The number of hydrogen-bond acceptors (Lipinski definition) is 2. The number of rotatable bonds is 4. The summed E-state index contributed by atoms with van der Waals surface area (Å²) in [5.74, 6) is 0. The third kappa shape index (κ3) is 1.91. The van der Waals surface area contributed by atoms with Crippen molar-refractivity contribution in [2.75, 3.05) is 6.61 Å². The lowest BCUT2D eigenvalue weighted by molar-refractivity contribution is -0.307. The smallest absolute Gasteiger partial charge is 0.113 e. The molecule has 1 aliphatic heterocycles. The SMILES string of the molecule is C=CCC1(CC=C)CCOO1. The molecular formula is C9H14O2. The first-order valence-corrected chi connectivity index (χ1v) is 3.85. The first-order chi connectivity index (χ1) is 5.33. The van der Waals surface area contributed by atoms with E-state index in [4.69, 9.17) is 9.78 Å². The van der Waals surface area contributed by atoms with Crippen LogP contribution in [0.4, 0.5) is 0 Å². The van der Waals surface area contributed by atoms with Crippen LogP contribution in [0.15, 0.2) is 25.3 Å². The van der Waals surface area contributed by atoms with Crippen molar-refractivity contribution >= 4 is 0 Å². The van der Waals surface area contributed by atoms with Crippen LogP contribution in [-0.4, -0.2) is 12.2 Å². The molecule has 62 valence electrons. The molecular weight excluding hydrogens is 140 g/mol. The Morgan fingerprint density at radius 1 is 1.27 bits per heavy atom. The van der Waals surface area contributed by atoms with E-state index in [1.165, 1.54) is 0 Å². The van der Waals surface area contributed by atoms with Crippen LogP contribution in [0.2, 0.25) is 0 Å². The van der Waals surface area contributed by atoms with E-state index >= 15 is 0 Å². The lowest BCUT2D eigenvalue weighted by atomic mass is 9.93. The second-order valence-electron chi connectivity index (χ2n) is 2.82. The monoisotopic (exact) mass is 154 g/mol. The highest BCUT2D eigenvalue weighted by atomic mass is 17.2. The Hall–Kier alpha value is -0.600. The molecule has 0 bridgehead atoms. The van der Waals surface area contributed by atoms with E-state index < -0.39 is 0 Å². The maximum atomic E-state index is 5.18. The zero-order valence-electron chi connectivity index (χ0n) is 6.71. The Morgan fingerprint density at radius 3 is 2.27 bits per heavy atom. The van der Waals surface area contributed by atoms with Gasteiger partial charge in [0.25, 0.3) is 0 Å². The highest BCUT2D eigenvalue weighted by molar-refractivity contribution is 4.93. The Balaban J connectivity index is 2.53. The molecule has 2 nitrogen and oxygen atoms in total. The van der Waals surface area contributed by atoms with Gasteiger partial charge in [-0.3, -0.25) is 0 Å². The fourth-order valence-corrected chi connectivity index (χ4v) is 1.32. The molecule has 0 aromatic heterocycles. The van der Waals surface area contributed by atoms with Crippen LogP contribution >= 0.6 is 0 Å². The van der Waals surface area contributed by atoms with Crippen molar-refractivity contribution in [3.05, 3.63) is 25.3 Å². The van der Waals surface area contributed by atoms with E-state index in [1.807, 2.05) is 12.2 Å². The molecule has 0 aromatic carbocycles. The van der Waals surface area contributed by atoms with Crippen LogP contribution in [0.3, 0.4) is 0 Å². The Kier molecular flexibility index (Phi) is 2.85. The maximum absolute atomic E-state index is 5.18. The quantitative estimate of drug-likeness (QED) is 0.456. The van der Waals surface area contributed by atoms with Gasteiger partial charge in [0.05, 0.1) is 6.61 Å². The molecule has 0 N–H and O–H groups in total. The van der Waals surface area contributed by atoms with Crippen molar-refractivity contribution in [2.24, 2.45) is 0 Å². The average molecular weight is 154 g/mol.